The van der Waals surface area contributed by atoms with Crippen molar-refractivity contribution in [3.63, 3.8) is 0 Å². The normalized spacial score (nSPS) is 12.5. The molecule has 0 aliphatic heterocycles. The van der Waals surface area contributed by atoms with Gasteiger partial charge in [0.1, 0.15) is 17.3 Å². The molecule has 0 fully saturated rings. The lowest BCUT2D eigenvalue weighted by atomic mass is 9.99. The second kappa shape index (κ2) is 11.6. The van der Waals surface area contributed by atoms with E-state index in [0.29, 0.717) is 30.2 Å². The molecule has 2 heterocycles. The van der Waals surface area contributed by atoms with Crippen LogP contribution in [0.25, 0.3) is 21.3 Å². The Kier molecular flexibility index (Phi) is 8.81. The quantitative estimate of drug-likeness (QED) is 0.328. The van der Waals surface area contributed by atoms with Crippen LogP contribution in [0.4, 0.5) is 0 Å². The molecule has 0 spiro atoms. The van der Waals surface area contributed by atoms with Crippen LogP contribution in [0.15, 0.2) is 28.4 Å². The first kappa shape index (κ1) is 25.1. The fourth-order valence-corrected chi connectivity index (χ4v) is 4.83. The number of aromatic nitrogens is 2. The van der Waals surface area contributed by atoms with E-state index in [1.54, 1.807) is 0 Å². The van der Waals surface area contributed by atoms with E-state index in [9.17, 15) is 9.90 Å². The number of nitrogens with one attached hydrogen (secondary N) is 1. The van der Waals surface area contributed by atoms with Gasteiger partial charge in [0.15, 0.2) is 0 Å². The van der Waals surface area contributed by atoms with Crippen molar-refractivity contribution in [2.75, 3.05) is 26.3 Å². The number of aliphatic hydroxyl groups excluding tert-OH is 1. The average Bonchev–Trinajstić information content (AvgIpc) is 3.16. The maximum absolute atomic E-state index is 13.1. The molecule has 3 rings (SSSR count). The number of benzene rings is 1. The third kappa shape index (κ3) is 6.75. The van der Waals surface area contributed by atoms with Crippen LogP contribution in [-0.2, 0) is 11.3 Å². The molecule has 2 aromatic heterocycles. The zero-order chi connectivity index (χ0) is 24.0. The molecule has 1 atom stereocenters. The molecule has 2 N–H and O–H groups in total. The molecule has 0 aliphatic rings. The molecule has 0 radical (unpaired) electrons. The molecule has 0 bridgehead atoms. The molecule has 0 aliphatic carbocycles. The molecular formula is C26H33N3O3S. The second-order valence-electron chi connectivity index (χ2n) is 8.95. The van der Waals surface area contributed by atoms with Gasteiger partial charge < -0.3 is 14.8 Å². The fraction of sp³-hybridized carbons (Fsp3) is 0.462. The summed E-state index contributed by atoms with van der Waals surface area (Å²) in [5, 5.41) is 13.0. The topological polar surface area (TPSA) is 78.5 Å². The monoisotopic (exact) mass is 467 g/mol. The maximum Gasteiger partial charge on any atom is 0.260 e. The highest BCUT2D eigenvalue weighted by Gasteiger charge is 2.18. The minimum Gasteiger partial charge on any atom is -0.389 e. The van der Waals surface area contributed by atoms with Crippen LogP contribution < -0.4 is 5.56 Å². The largest absolute Gasteiger partial charge is 0.389 e. The number of thiophene rings is 1. The first-order valence-electron chi connectivity index (χ1n) is 11.3. The molecule has 0 saturated heterocycles. The van der Waals surface area contributed by atoms with Crippen LogP contribution in [-0.4, -0.2) is 52.4 Å². The van der Waals surface area contributed by atoms with Gasteiger partial charge in [0, 0.05) is 17.5 Å². The minimum absolute atomic E-state index is 0.132. The summed E-state index contributed by atoms with van der Waals surface area (Å²) in [7, 11) is 0. The lowest BCUT2D eigenvalue weighted by Crippen LogP contribution is -2.36. The summed E-state index contributed by atoms with van der Waals surface area (Å²) >= 11 is 1.49. The summed E-state index contributed by atoms with van der Waals surface area (Å²) in [4.78, 5) is 23.7. The van der Waals surface area contributed by atoms with Gasteiger partial charge in [-0.3, -0.25) is 9.69 Å². The summed E-state index contributed by atoms with van der Waals surface area (Å²) in [6, 6.07) is 6.25. The molecule has 1 aromatic carbocycles. The number of terminal acetylenes is 1. The molecule has 6 nitrogen and oxygen atoms in total. The summed E-state index contributed by atoms with van der Waals surface area (Å²) in [5.41, 5.74) is 4.18. The summed E-state index contributed by atoms with van der Waals surface area (Å²) in [5.74, 6) is 3.53. The van der Waals surface area contributed by atoms with Crippen LogP contribution in [0.3, 0.4) is 0 Å². The third-order valence-corrected chi connectivity index (χ3v) is 6.40. The van der Waals surface area contributed by atoms with Gasteiger partial charge in [-0.25, -0.2) is 4.98 Å². The number of aromatic amines is 1. The lowest BCUT2D eigenvalue weighted by Gasteiger charge is -2.25. The average molecular weight is 468 g/mol. The van der Waals surface area contributed by atoms with Crippen molar-refractivity contribution in [1.82, 2.24) is 14.9 Å². The van der Waals surface area contributed by atoms with E-state index in [-0.39, 0.29) is 18.8 Å². The van der Waals surface area contributed by atoms with Gasteiger partial charge >= 0.3 is 0 Å². The Labute approximate surface area is 199 Å². The highest BCUT2D eigenvalue weighted by molar-refractivity contribution is 7.17. The van der Waals surface area contributed by atoms with Crippen LogP contribution >= 0.6 is 11.3 Å². The standard InChI is InChI=1S/C26H33N3O3S/c1-6-11-32-15-20(30)13-29(10-9-17(2)3)14-23-27-25(31)24-22(16-33-26(24)28-23)21-8-7-18(4)12-19(21)5/h1,7-8,12,16-17,20,30H,9-11,13-15H2,2-5H3,(H,27,28,31). The van der Waals surface area contributed by atoms with Gasteiger partial charge in [-0.2, -0.15) is 0 Å². The van der Waals surface area contributed by atoms with Crippen LogP contribution in [0.5, 0.6) is 0 Å². The van der Waals surface area contributed by atoms with Crippen molar-refractivity contribution in [3.8, 4) is 23.5 Å². The van der Waals surface area contributed by atoms with Gasteiger partial charge in [0.25, 0.3) is 5.56 Å². The van der Waals surface area contributed by atoms with E-state index >= 15 is 0 Å². The molecule has 176 valence electrons. The van der Waals surface area contributed by atoms with Crippen molar-refractivity contribution in [1.29, 1.82) is 0 Å². The molecule has 3 aromatic rings. The van der Waals surface area contributed by atoms with E-state index in [0.717, 1.165) is 34.5 Å². The van der Waals surface area contributed by atoms with Crippen molar-refractivity contribution < 1.29 is 9.84 Å². The summed E-state index contributed by atoms with van der Waals surface area (Å²) < 4.78 is 5.28. The van der Waals surface area contributed by atoms with E-state index in [4.69, 9.17) is 16.1 Å². The van der Waals surface area contributed by atoms with Gasteiger partial charge in [0.2, 0.25) is 0 Å². The number of nitrogens with zero attached hydrogens (tertiary/aromatic N) is 2. The van der Waals surface area contributed by atoms with Gasteiger partial charge in [0.05, 0.1) is 24.6 Å². The second-order valence-corrected chi connectivity index (χ2v) is 9.81. The Morgan fingerprint density at radius 1 is 1.30 bits per heavy atom. The Hall–Kier alpha value is -2.50. The lowest BCUT2D eigenvalue weighted by molar-refractivity contribution is 0.0247. The SMILES string of the molecule is C#CCOCC(O)CN(CCC(C)C)Cc1nc2scc(-c3ccc(C)cc3C)c2c(=O)[nH]1. The first-order valence-corrected chi connectivity index (χ1v) is 12.2. The number of aryl methyl sites for hydroxylation is 2. The smallest absolute Gasteiger partial charge is 0.260 e. The zero-order valence-electron chi connectivity index (χ0n) is 19.9. The van der Waals surface area contributed by atoms with Crippen molar-refractivity contribution >= 4 is 21.6 Å². The minimum atomic E-state index is -0.668. The van der Waals surface area contributed by atoms with Gasteiger partial charge in [-0.05, 0) is 43.9 Å². The Bertz CT molecular complexity index is 1180. The predicted octanol–water partition coefficient (Wildman–Crippen LogP) is 4.13. The Morgan fingerprint density at radius 2 is 2.09 bits per heavy atom. The fourth-order valence-electron chi connectivity index (χ4n) is 3.87. The van der Waals surface area contributed by atoms with E-state index < -0.39 is 6.10 Å². The molecule has 1 unspecified atom stereocenters. The first-order chi connectivity index (χ1) is 15.8. The molecule has 0 amide bonds. The van der Waals surface area contributed by atoms with Crippen molar-refractivity contribution in [3.05, 3.63) is 50.9 Å². The van der Waals surface area contributed by atoms with E-state index in [1.165, 1.54) is 16.9 Å². The highest BCUT2D eigenvalue weighted by atomic mass is 32.1. The molecule has 33 heavy (non-hydrogen) atoms. The predicted molar refractivity (Wildman–Crippen MR) is 136 cm³/mol. The summed E-state index contributed by atoms with van der Waals surface area (Å²) in [6.07, 6.45) is 5.51. The number of aliphatic hydroxyl groups is 1. The van der Waals surface area contributed by atoms with Crippen molar-refractivity contribution in [2.45, 2.75) is 46.8 Å². The van der Waals surface area contributed by atoms with Crippen LogP contribution in [0.2, 0.25) is 0 Å². The number of rotatable bonds is 11. The van der Waals surface area contributed by atoms with Gasteiger partial charge in [-0.15, -0.1) is 17.8 Å². The van der Waals surface area contributed by atoms with Crippen LogP contribution in [0.1, 0.15) is 37.2 Å². The Morgan fingerprint density at radius 3 is 2.79 bits per heavy atom. The third-order valence-electron chi connectivity index (χ3n) is 5.53. The van der Waals surface area contributed by atoms with Crippen molar-refractivity contribution in [2.24, 2.45) is 5.92 Å². The number of H-pyrrole nitrogens is 1. The number of fused-ring (bicyclic) bond motifs is 1. The van der Waals surface area contributed by atoms with Gasteiger partial charge in [-0.1, -0.05) is 43.5 Å². The van der Waals surface area contributed by atoms with E-state index in [1.807, 2.05) is 5.38 Å². The summed E-state index contributed by atoms with van der Waals surface area (Å²) in [6.45, 7) is 10.4. The molecule has 0 saturated carbocycles. The number of hydrogen-bond acceptors (Lipinski definition) is 6. The number of ether oxygens (including phenoxy) is 1. The Balaban J connectivity index is 1.84. The number of hydrogen-bond donors (Lipinski definition) is 2. The van der Waals surface area contributed by atoms with E-state index in [2.05, 4.69) is 61.7 Å². The van der Waals surface area contributed by atoms with Crippen LogP contribution in [0, 0.1) is 32.1 Å². The maximum atomic E-state index is 13.1. The highest BCUT2D eigenvalue weighted by Crippen LogP contribution is 2.33. The zero-order valence-corrected chi connectivity index (χ0v) is 20.7. The molecular weight excluding hydrogens is 434 g/mol. The molecule has 7 heteroatoms.